The van der Waals surface area contributed by atoms with Gasteiger partial charge in [0.1, 0.15) is 5.75 Å². The molecule has 0 saturated carbocycles. The Morgan fingerprint density at radius 3 is 2.50 bits per heavy atom. The van der Waals surface area contributed by atoms with Crippen molar-refractivity contribution in [1.29, 1.82) is 0 Å². The minimum Gasteiger partial charge on any atom is -0.493 e. The molecule has 2 atom stereocenters. The smallest absolute Gasteiger partial charge is 0.244 e. The number of benzene rings is 1. The third-order valence-corrected chi connectivity index (χ3v) is 10.8. The predicted molar refractivity (Wildman–Crippen MR) is 136 cm³/mol. The Morgan fingerprint density at radius 2 is 1.88 bits per heavy atom. The van der Waals surface area contributed by atoms with Crippen LogP contribution in [0.1, 0.15) is 65.9 Å². The number of aliphatic hydroxyl groups excluding tert-OH is 1. The molecule has 0 bridgehead atoms. The van der Waals surface area contributed by atoms with E-state index in [4.69, 9.17) is 9.16 Å². The zero-order valence-electron chi connectivity index (χ0n) is 21.2. The molecule has 32 heavy (non-hydrogen) atoms. The molecule has 0 fully saturated rings. The van der Waals surface area contributed by atoms with E-state index >= 15 is 0 Å². The van der Waals surface area contributed by atoms with Gasteiger partial charge in [0.2, 0.25) is 5.91 Å². The summed E-state index contributed by atoms with van der Waals surface area (Å²) in [5, 5.41) is 13.0. The van der Waals surface area contributed by atoms with Crippen LogP contribution in [0.15, 0.2) is 30.3 Å². The molecular formula is C26H45NO4Si. The summed E-state index contributed by atoms with van der Waals surface area (Å²) in [5.41, 5.74) is 0.870. The molecule has 1 rings (SSSR count). The summed E-state index contributed by atoms with van der Waals surface area (Å²) in [6.45, 7) is 16.3. The summed E-state index contributed by atoms with van der Waals surface area (Å²) in [4.78, 5) is 12.2. The third kappa shape index (κ3) is 10.3. The lowest BCUT2D eigenvalue weighted by atomic mass is 10.0. The van der Waals surface area contributed by atoms with Crippen molar-refractivity contribution in [3.05, 3.63) is 35.9 Å². The van der Waals surface area contributed by atoms with Crippen molar-refractivity contribution in [3.8, 4) is 5.75 Å². The molecule has 1 amide bonds. The number of para-hydroxylation sites is 1. The van der Waals surface area contributed by atoms with Gasteiger partial charge in [0.15, 0.2) is 8.32 Å². The van der Waals surface area contributed by atoms with Crippen molar-refractivity contribution in [3.63, 3.8) is 0 Å². The molecule has 0 aliphatic rings. The number of aliphatic hydroxyl groups is 1. The molecule has 0 spiro atoms. The molecule has 0 radical (unpaired) electrons. The summed E-state index contributed by atoms with van der Waals surface area (Å²) < 4.78 is 12.1. The highest BCUT2D eigenvalue weighted by molar-refractivity contribution is 6.74. The molecule has 2 unspecified atom stereocenters. The molecule has 0 saturated heterocycles. The lowest BCUT2D eigenvalue weighted by molar-refractivity contribution is -0.117. The maximum absolute atomic E-state index is 12.2. The van der Waals surface area contributed by atoms with Crippen LogP contribution in [0, 0.1) is 5.92 Å². The van der Waals surface area contributed by atoms with Crippen LogP contribution in [-0.2, 0) is 9.22 Å². The number of carbonyl (C=O) groups is 1. The summed E-state index contributed by atoms with van der Waals surface area (Å²) in [5.74, 6) is 1.08. The van der Waals surface area contributed by atoms with Crippen LogP contribution >= 0.6 is 0 Å². The number of rotatable bonds is 14. The van der Waals surface area contributed by atoms with E-state index in [0.717, 1.165) is 17.7 Å². The van der Waals surface area contributed by atoms with Crippen LogP contribution in [0.2, 0.25) is 18.1 Å². The van der Waals surface area contributed by atoms with Gasteiger partial charge in [0, 0.05) is 18.2 Å². The molecule has 182 valence electrons. The van der Waals surface area contributed by atoms with Crippen molar-refractivity contribution >= 4 is 20.3 Å². The minimum atomic E-state index is -1.92. The van der Waals surface area contributed by atoms with Gasteiger partial charge in [-0.1, -0.05) is 72.1 Å². The largest absolute Gasteiger partial charge is 0.493 e. The summed E-state index contributed by atoms with van der Waals surface area (Å²) in [6, 6.07) is 7.75. The average Bonchev–Trinajstić information content (AvgIpc) is 2.74. The zero-order valence-corrected chi connectivity index (χ0v) is 22.2. The Hall–Kier alpha value is -1.63. The predicted octanol–water partition coefficient (Wildman–Crippen LogP) is 5.79. The van der Waals surface area contributed by atoms with Gasteiger partial charge < -0.3 is 19.6 Å². The van der Waals surface area contributed by atoms with Gasteiger partial charge in [-0.05, 0) is 42.6 Å². The highest BCUT2D eigenvalue weighted by Crippen LogP contribution is 2.36. The van der Waals surface area contributed by atoms with Gasteiger partial charge in [-0.15, -0.1) is 0 Å². The van der Waals surface area contributed by atoms with E-state index in [2.05, 4.69) is 53.0 Å². The maximum atomic E-state index is 12.2. The second-order valence-corrected chi connectivity index (χ2v) is 14.9. The molecule has 0 aliphatic heterocycles. The summed E-state index contributed by atoms with van der Waals surface area (Å²) >= 11 is 0. The lowest BCUT2D eigenvalue weighted by Gasteiger charge is -2.36. The van der Waals surface area contributed by atoms with Crippen LogP contribution < -0.4 is 10.1 Å². The minimum absolute atomic E-state index is 0.0846. The Morgan fingerprint density at radius 1 is 1.19 bits per heavy atom. The highest BCUT2D eigenvalue weighted by atomic mass is 28.4. The van der Waals surface area contributed by atoms with Gasteiger partial charge in [-0.25, -0.2) is 0 Å². The first-order chi connectivity index (χ1) is 15.0. The number of carbonyl (C=O) groups excluding carboxylic acids is 1. The SMILES string of the molecule is CCCCC(CC)COc1ccccc1C=CC(=O)NCC(O)CO[Si](C)(C)C(C)(C)C. The van der Waals surface area contributed by atoms with Crippen LogP contribution in [0.5, 0.6) is 5.75 Å². The Balaban J connectivity index is 2.54. The van der Waals surface area contributed by atoms with Crippen molar-refractivity contribution in [2.45, 2.75) is 84.5 Å². The van der Waals surface area contributed by atoms with Crippen LogP contribution in [0.3, 0.4) is 0 Å². The molecule has 0 aromatic heterocycles. The fourth-order valence-electron chi connectivity index (χ4n) is 2.88. The summed E-state index contributed by atoms with van der Waals surface area (Å²) in [7, 11) is -1.92. The molecule has 6 heteroatoms. The molecular weight excluding hydrogens is 418 g/mol. The monoisotopic (exact) mass is 463 g/mol. The quantitative estimate of drug-likeness (QED) is 0.270. The fraction of sp³-hybridized carbons (Fsp3) is 0.654. The fourth-order valence-corrected chi connectivity index (χ4v) is 3.92. The molecule has 0 aliphatic carbocycles. The lowest BCUT2D eigenvalue weighted by Crippen LogP contribution is -2.44. The Bertz CT molecular complexity index is 712. The van der Waals surface area contributed by atoms with Gasteiger partial charge in [0.25, 0.3) is 0 Å². The normalized spacial score (nSPS) is 14.4. The first-order valence-electron chi connectivity index (χ1n) is 12.0. The standard InChI is InChI=1S/C26H45NO4Si/c1-8-10-13-21(9-2)19-30-24-15-12-11-14-22(24)16-17-25(29)27-18-23(28)20-31-32(6,7)26(3,4)5/h11-12,14-17,21,23,28H,8-10,13,18-20H2,1-7H3,(H,27,29). The van der Waals surface area contributed by atoms with E-state index in [0.29, 0.717) is 12.5 Å². The molecule has 2 N–H and O–H groups in total. The first-order valence-corrected chi connectivity index (χ1v) is 14.9. The first kappa shape index (κ1) is 28.4. The van der Waals surface area contributed by atoms with Crippen LogP contribution in [0.4, 0.5) is 0 Å². The Kier molecular flexibility index (Phi) is 12.3. The Labute approximate surface area is 196 Å². The van der Waals surface area contributed by atoms with Crippen molar-refractivity contribution in [2.75, 3.05) is 19.8 Å². The van der Waals surface area contributed by atoms with Gasteiger partial charge in [-0.3, -0.25) is 4.79 Å². The van der Waals surface area contributed by atoms with E-state index in [1.165, 1.54) is 25.3 Å². The maximum Gasteiger partial charge on any atom is 0.244 e. The van der Waals surface area contributed by atoms with E-state index < -0.39 is 14.4 Å². The molecule has 5 nitrogen and oxygen atoms in total. The van der Waals surface area contributed by atoms with Crippen molar-refractivity contribution in [1.82, 2.24) is 5.32 Å². The number of nitrogens with one attached hydrogen (secondary N) is 1. The highest BCUT2D eigenvalue weighted by Gasteiger charge is 2.37. The second kappa shape index (κ2) is 13.8. The van der Waals surface area contributed by atoms with E-state index in [9.17, 15) is 9.90 Å². The molecule has 1 aromatic rings. The summed E-state index contributed by atoms with van der Waals surface area (Å²) in [6.07, 6.45) is 7.20. The zero-order chi connectivity index (χ0) is 24.2. The van der Waals surface area contributed by atoms with Gasteiger partial charge in [-0.2, -0.15) is 0 Å². The molecule has 0 heterocycles. The van der Waals surface area contributed by atoms with Crippen LogP contribution in [0.25, 0.3) is 6.08 Å². The van der Waals surface area contributed by atoms with Crippen molar-refractivity contribution in [2.24, 2.45) is 5.92 Å². The number of hydrogen-bond acceptors (Lipinski definition) is 4. The third-order valence-electron chi connectivity index (χ3n) is 6.31. The average molecular weight is 464 g/mol. The van der Waals surface area contributed by atoms with Gasteiger partial charge >= 0.3 is 0 Å². The topological polar surface area (TPSA) is 67.8 Å². The van der Waals surface area contributed by atoms with Crippen molar-refractivity contribution < 1.29 is 19.1 Å². The van der Waals surface area contributed by atoms with E-state index in [1.807, 2.05) is 24.3 Å². The van der Waals surface area contributed by atoms with E-state index in [-0.39, 0.29) is 24.1 Å². The number of hydrogen-bond donors (Lipinski definition) is 2. The number of amides is 1. The van der Waals surface area contributed by atoms with Crippen LogP contribution in [-0.4, -0.2) is 45.2 Å². The number of ether oxygens (including phenoxy) is 1. The second-order valence-electron chi connectivity index (χ2n) is 10.1. The number of unbranched alkanes of at least 4 members (excludes halogenated alkanes) is 1. The molecule has 1 aromatic carbocycles. The van der Waals surface area contributed by atoms with E-state index in [1.54, 1.807) is 6.08 Å². The van der Waals surface area contributed by atoms with Gasteiger partial charge in [0.05, 0.1) is 19.3 Å².